The quantitative estimate of drug-likeness (QED) is 0.0211. The Labute approximate surface area is 481 Å². The average molecular weight is 1110 g/mol. The molecule has 0 aromatic carbocycles. The Kier molecular flexibility index (Phi) is 56.7. The highest BCUT2D eigenvalue weighted by molar-refractivity contribution is 7.47. The Morgan fingerprint density at radius 2 is 0.731 bits per heavy atom. The maximum atomic E-state index is 12.8. The molecule has 1 N–H and O–H groups in total. The molecule has 0 amide bonds. The van der Waals surface area contributed by atoms with Crippen molar-refractivity contribution in [3.8, 4) is 0 Å². The maximum Gasteiger partial charge on any atom is 0.472 e. The van der Waals surface area contributed by atoms with Gasteiger partial charge in [-0.25, -0.2) is 4.57 Å². The summed E-state index contributed by atoms with van der Waals surface area (Å²) in [6, 6.07) is 0. The van der Waals surface area contributed by atoms with Gasteiger partial charge in [0.15, 0.2) is 6.10 Å². The van der Waals surface area contributed by atoms with Crippen molar-refractivity contribution < 1.29 is 42.1 Å². The lowest BCUT2D eigenvalue weighted by Gasteiger charge is -2.24. The molecule has 78 heavy (non-hydrogen) atoms. The molecule has 0 rings (SSSR count). The molecule has 10 heteroatoms. The van der Waals surface area contributed by atoms with Crippen molar-refractivity contribution in [3.63, 3.8) is 0 Å². The van der Waals surface area contributed by atoms with Gasteiger partial charge >= 0.3 is 19.8 Å². The normalized spacial score (nSPS) is 13.8. The molecule has 9 nitrogen and oxygen atoms in total. The van der Waals surface area contributed by atoms with Gasteiger partial charge in [0, 0.05) is 12.8 Å². The molecule has 0 bridgehead atoms. The number of rotatable bonds is 59. The van der Waals surface area contributed by atoms with E-state index in [1.807, 2.05) is 21.1 Å². The molecule has 0 aliphatic rings. The van der Waals surface area contributed by atoms with E-state index in [-0.39, 0.29) is 32.0 Å². The molecular weight excluding hydrogens is 990 g/mol. The Balaban J connectivity index is 4.12. The number of allylic oxidation sites excluding steroid dienone is 14. The van der Waals surface area contributed by atoms with Crippen molar-refractivity contribution in [2.24, 2.45) is 0 Å². The summed E-state index contributed by atoms with van der Waals surface area (Å²) < 4.78 is 34.6. The number of nitrogens with zero attached hydrogens (tertiary/aromatic N) is 1. The number of unbranched alkanes of at least 4 members (excludes halogenated alkanes) is 31. The standard InChI is InChI=1S/C68H122NO8P/c1-6-8-10-12-14-16-18-20-22-24-26-28-30-32-33-34-35-37-38-40-42-44-46-48-50-52-54-56-58-60-67(70)74-64-66(65-76-78(72,73)75-63-62-69(3,4)5)77-68(71)61-59-57-55-53-51-49-47-45-43-41-39-36-31-29-27-25-23-21-19-17-15-13-11-9-7-2/h9,11,15,17,21,23-24,26-27,29,36,39,43,45,66H,6-8,10,12-14,16,18-20,22,25,28,30-35,37-38,40-42,44,46-65H2,1-5H3/p+1/b11-9-,17-15-,23-21-,26-24-,29-27-,39-36-,45-43-. The average Bonchev–Trinajstić information content (AvgIpc) is 3.40. The van der Waals surface area contributed by atoms with E-state index in [9.17, 15) is 19.0 Å². The predicted octanol–water partition coefficient (Wildman–Crippen LogP) is 20.6. The second-order valence-electron chi connectivity index (χ2n) is 22.8. The second-order valence-corrected chi connectivity index (χ2v) is 24.2. The highest BCUT2D eigenvalue weighted by Gasteiger charge is 2.27. The third-order valence-electron chi connectivity index (χ3n) is 13.9. The van der Waals surface area contributed by atoms with E-state index in [0.29, 0.717) is 17.4 Å². The van der Waals surface area contributed by atoms with Crippen molar-refractivity contribution >= 4 is 19.8 Å². The smallest absolute Gasteiger partial charge is 0.462 e. The molecule has 0 spiro atoms. The molecule has 0 radical (unpaired) electrons. The monoisotopic (exact) mass is 1110 g/mol. The van der Waals surface area contributed by atoms with Crippen LogP contribution in [-0.4, -0.2) is 74.9 Å². The fourth-order valence-electron chi connectivity index (χ4n) is 8.96. The van der Waals surface area contributed by atoms with Gasteiger partial charge in [-0.05, 0) is 89.9 Å². The zero-order chi connectivity index (χ0) is 57.0. The minimum absolute atomic E-state index is 0.0255. The first kappa shape index (κ1) is 75.2. The van der Waals surface area contributed by atoms with Crippen LogP contribution in [0.15, 0.2) is 85.1 Å². The Hall–Kier alpha value is -2.81. The minimum Gasteiger partial charge on any atom is -0.462 e. The summed E-state index contributed by atoms with van der Waals surface area (Å²) in [4.78, 5) is 35.8. The van der Waals surface area contributed by atoms with Crippen molar-refractivity contribution in [1.29, 1.82) is 0 Å². The molecule has 2 atom stereocenters. The number of hydrogen-bond acceptors (Lipinski definition) is 7. The van der Waals surface area contributed by atoms with Crippen LogP contribution >= 0.6 is 7.82 Å². The molecule has 0 aromatic heterocycles. The molecule has 2 unspecified atom stereocenters. The van der Waals surface area contributed by atoms with Gasteiger partial charge < -0.3 is 18.9 Å². The Morgan fingerprint density at radius 3 is 1.10 bits per heavy atom. The molecule has 0 fully saturated rings. The minimum atomic E-state index is -4.40. The summed E-state index contributed by atoms with van der Waals surface area (Å²) in [5, 5.41) is 0. The SMILES string of the molecule is CC/C=C\C/C=C\C/C=C\C/C=C\C/C=C\C/C=C\CCCCCCCCC(=O)OC(COC(=O)CCCCCCCCCCCCCCCCCCC/C=C\CCCCCCCCCC)COP(=O)(O)OCC[N+](C)(C)C. The molecule has 0 saturated heterocycles. The molecule has 0 aliphatic heterocycles. The third kappa shape index (κ3) is 62.4. The van der Waals surface area contributed by atoms with Gasteiger partial charge in [0.2, 0.25) is 0 Å². The van der Waals surface area contributed by atoms with Gasteiger partial charge in [0.1, 0.15) is 19.8 Å². The van der Waals surface area contributed by atoms with Gasteiger partial charge in [0.05, 0.1) is 27.7 Å². The van der Waals surface area contributed by atoms with Crippen LogP contribution in [0.5, 0.6) is 0 Å². The summed E-state index contributed by atoms with van der Waals surface area (Å²) in [5.74, 6) is -0.809. The lowest BCUT2D eigenvalue weighted by atomic mass is 10.0. The lowest BCUT2D eigenvalue weighted by Crippen LogP contribution is -2.37. The number of carbonyl (C=O) groups excluding carboxylic acids is 2. The summed E-state index contributed by atoms with van der Waals surface area (Å²) in [5.41, 5.74) is 0. The first-order valence-corrected chi connectivity index (χ1v) is 33.8. The lowest BCUT2D eigenvalue weighted by molar-refractivity contribution is -0.870. The third-order valence-corrected chi connectivity index (χ3v) is 14.9. The Bertz CT molecular complexity index is 1590. The number of phosphoric acid groups is 1. The van der Waals surface area contributed by atoms with Crippen molar-refractivity contribution in [3.05, 3.63) is 85.1 Å². The van der Waals surface area contributed by atoms with Crippen LogP contribution in [0.1, 0.15) is 284 Å². The maximum absolute atomic E-state index is 12.8. The highest BCUT2D eigenvalue weighted by Crippen LogP contribution is 2.43. The van der Waals surface area contributed by atoms with Crippen LogP contribution in [0, 0.1) is 0 Å². The van der Waals surface area contributed by atoms with E-state index < -0.39 is 26.5 Å². The zero-order valence-electron chi connectivity index (χ0n) is 51.4. The molecule has 0 aromatic rings. The number of ether oxygens (including phenoxy) is 2. The van der Waals surface area contributed by atoms with Crippen LogP contribution in [0.2, 0.25) is 0 Å². The molecular formula is C68H123NO8P+. The summed E-state index contributed by atoms with van der Waals surface area (Å²) >= 11 is 0. The first-order chi connectivity index (χ1) is 38.0. The summed E-state index contributed by atoms with van der Waals surface area (Å²) in [6.45, 7) is 4.33. The zero-order valence-corrected chi connectivity index (χ0v) is 52.3. The predicted molar refractivity (Wildman–Crippen MR) is 335 cm³/mol. The van der Waals surface area contributed by atoms with Crippen LogP contribution in [-0.2, 0) is 32.7 Å². The van der Waals surface area contributed by atoms with Crippen LogP contribution in [0.3, 0.4) is 0 Å². The number of likely N-dealkylation sites (N-methyl/N-ethyl adjacent to an activating group) is 1. The molecule has 0 heterocycles. The van der Waals surface area contributed by atoms with E-state index in [4.69, 9.17) is 18.5 Å². The van der Waals surface area contributed by atoms with Crippen molar-refractivity contribution in [2.45, 2.75) is 290 Å². The van der Waals surface area contributed by atoms with Gasteiger partial charge in [-0.1, -0.05) is 266 Å². The second kappa shape index (κ2) is 58.8. The van der Waals surface area contributed by atoms with Crippen LogP contribution in [0.4, 0.5) is 0 Å². The number of esters is 2. The van der Waals surface area contributed by atoms with Crippen molar-refractivity contribution in [2.75, 3.05) is 47.5 Å². The van der Waals surface area contributed by atoms with E-state index in [1.165, 1.54) is 154 Å². The van der Waals surface area contributed by atoms with Gasteiger partial charge in [0.25, 0.3) is 0 Å². The highest BCUT2D eigenvalue weighted by atomic mass is 31.2. The fraction of sp³-hybridized carbons (Fsp3) is 0.765. The van der Waals surface area contributed by atoms with Gasteiger partial charge in [-0.3, -0.25) is 18.6 Å². The van der Waals surface area contributed by atoms with Gasteiger partial charge in [-0.2, -0.15) is 0 Å². The number of hydrogen-bond donors (Lipinski definition) is 1. The summed E-state index contributed by atoms with van der Waals surface area (Å²) in [6.07, 6.45) is 79.6. The largest absolute Gasteiger partial charge is 0.472 e. The van der Waals surface area contributed by atoms with Crippen molar-refractivity contribution in [1.82, 2.24) is 0 Å². The topological polar surface area (TPSA) is 108 Å². The molecule has 452 valence electrons. The van der Waals surface area contributed by atoms with Gasteiger partial charge in [-0.15, -0.1) is 0 Å². The van der Waals surface area contributed by atoms with Crippen LogP contribution in [0.25, 0.3) is 0 Å². The van der Waals surface area contributed by atoms with E-state index in [2.05, 4.69) is 98.9 Å². The van der Waals surface area contributed by atoms with E-state index in [0.717, 1.165) is 96.3 Å². The van der Waals surface area contributed by atoms with E-state index >= 15 is 0 Å². The number of quaternary nitrogens is 1. The Morgan fingerprint density at radius 1 is 0.410 bits per heavy atom. The number of carbonyl (C=O) groups is 2. The van der Waals surface area contributed by atoms with E-state index in [1.54, 1.807) is 0 Å². The first-order valence-electron chi connectivity index (χ1n) is 32.3. The number of phosphoric ester groups is 1. The molecule has 0 saturated carbocycles. The molecule has 0 aliphatic carbocycles. The fourth-order valence-corrected chi connectivity index (χ4v) is 9.70. The summed E-state index contributed by atoms with van der Waals surface area (Å²) in [7, 11) is 1.46. The van der Waals surface area contributed by atoms with Crippen LogP contribution < -0.4 is 0 Å².